The lowest BCUT2D eigenvalue weighted by Gasteiger charge is -2.06. The minimum absolute atomic E-state index is 0.0352. The number of aliphatic imine (C=N–C) groups is 1. The first-order valence-electron chi connectivity index (χ1n) is 4.69. The Kier molecular flexibility index (Phi) is 4.40. The van der Waals surface area contributed by atoms with Gasteiger partial charge >= 0.3 is 0 Å². The van der Waals surface area contributed by atoms with Crippen LogP contribution in [0.3, 0.4) is 0 Å². The van der Waals surface area contributed by atoms with E-state index in [1.165, 1.54) is 6.07 Å². The number of nitrogens with zero attached hydrogens (tertiary/aromatic N) is 2. The predicted octanol–water partition coefficient (Wildman–Crippen LogP) is 2.42. The van der Waals surface area contributed by atoms with Gasteiger partial charge in [-0.05, 0) is 18.6 Å². The Bertz CT molecular complexity index is 438. The van der Waals surface area contributed by atoms with Crippen molar-refractivity contribution in [2.75, 3.05) is 6.61 Å². The molecule has 0 saturated heterocycles. The molecule has 0 heterocycles. The van der Waals surface area contributed by atoms with Crippen molar-refractivity contribution in [1.82, 2.24) is 0 Å². The van der Waals surface area contributed by atoms with Gasteiger partial charge in [0.1, 0.15) is 11.6 Å². The highest BCUT2D eigenvalue weighted by Gasteiger charge is 2.08. The van der Waals surface area contributed by atoms with E-state index in [2.05, 4.69) is 4.99 Å². The summed E-state index contributed by atoms with van der Waals surface area (Å²) in [6.07, 6.45) is 1.61. The fourth-order valence-electron chi connectivity index (χ4n) is 1.17. The molecule has 16 heavy (non-hydrogen) atoms. The summed E-state index contributed by atoms with van der Waals surface area (Å²) >= 11 is 0. The molecular formula is C11H10F2N2O. The van der Waals surface area contributed by atoms with Gasteiger partial charge in [0.2, 0.25) is 12.1 Å². The molecule has 0 aromatic heterocycles. The maximum absolute atomic E-state index is 13.3. The quantitative estimate of drug-likeness (QED) is 0.449. The molecule has 0 spiro atoms. The Hall–Kier alpha value is -1.96. The van der Waals surface area contributed by atoms with E-state index in [0.717, 1.165) is 12.1 Å². The summed E-state index contributed by atoms with van der Waals surface area (Å²) in [6, 6.07) is 3.23. The van der Waals surface area contributed by atoms with Crippen molar-refractivity contribution in [3.05, 3.63) is 35.4 Å². The molecule has 3 nitrogen and oxygen atoms in total. The zero-order valence-electron chi connectivity index (χ0n) is 8.70. The number of ether oxygens (including phenoxy) is 1. The van der Waals surface area contributed by atoms with Gasteiger partial charge in [0.15, 0.2) is 0 Å². The second-order valence-electron chi connectivity index (χ2n) is 2.95. The van der Waals surface area contributed by atoms with Gasteiger partial charge in [-0.15, -0.1) is 4.99 Å². The molecule has 0 fully saturated rings. The Morgan fingerprint density at radius 3 is 2.81 bits per heavy atom. The van der Waals surface area contributed by atoms with Gasteiger partial charge in [0.25, 0.3) is 0 Å². The molecular weight excluding hydrogens is 214 g/mol. The normalized spacial score (nSPS) is 11.0. The van der Waals surface area contributed by atoms with Gasteiger partial charge in [-0.1, -0.05) is 6.07 Å². The fourth-order valence-corrected chi connectivity index (χ4v) is 1.17. The Morgan fingerprint density at radius 1 is 1.50 bits per heavy atom. The van der Waals surface area contributed by atoms with Crippen LogP contribution in [-0.4, -0.2) is 12.5 Å². The van der Waals surface area contributed by atoms with E-state index in [4.69, 9.17) is 10.00 Å². The van der Waals surface area contributed by atoms with E-state index in [9.17, 15) is 8.78 Å². The average molecular weight is 224 g/mol. The van der Waals surface area contributed by atoms with Gasteiger partial charge in [-0.2, -0.15) is 5.26 Å². The number of hydrogen-bond donors (Lipinski definition) is 0. The van der Waals surface area contributed by atoms with E-state index in [1.54, 1.807) is 13.1 Å². The van der Waals surface area contributed by atoms with Crippen LogP contribution in [0.4, 0.5) is 8.78 Å². The largest absolute Gasteiger partial charge is 0.480 e. The van der Waals surface area contributed by atoms with Crippen molar-refractivity contribution in [3.8, 4) is 6.19 Å². The first-order chi connectivity index (χ1) is 7.67. The third-order valence-electron chi connectivity index (χ3n) is 1.84. The van der Waals surface area contributed by atoms with Gasteiger partial charge in [0.05, 0.1) is 13.0 Å². The third kappa shape index (κ3) is 3.31. The van der Waals surface area contributed by atoms with Crippen LogP contribution < -0.4 is 0 Å². The van der Waals surface area contributed by atoms with Crippen LogP contribution in [0.15, 0.2) is 23.2 Å². The molecule has 5 heteroatoms. The first-order valence-corrected chi connectivity index (χ1v) is 4.69. The molecule has 0 aliphatic rings. The lowest BCUT2D eigenvalue weighted by molar-refractivity contribution is 0.320. The molecule has 0 N–H and O–H groups in total. The molecule has 1 rings (SSSR count). The summed E-state index contributed by atoms with van der Waals surface area (Å²) in [4.78, 5) is 3.41. The lowest BCUT2D eigenvalue weighted by atomic mass is 10.1. The smallest absolute Gasteiger partial charge is 0.208 e. The van der Waals surface area contributed by atoms with E-state index in [0.29, 0.717) is 6.61 Å². The van der Waals surface area contributed by atoms with Crippen LogP contribution in [-0.2, 0) is 11.2 Å². The maximum Gasteiger partial charge on any atom is 0.208 e. The monoisotopic (exact) mass is 224 g/mol. The minimum atomic E-state index is -0.676. The highest BCUT2D eigenvalue weighted by atomic mass is 19.1. The van der Waals surface area contributed by atoms with Gasteiger partial charge in [0, 0.05) is 6.07 Å². The lowest BCUT2D eigenvalue weighted by Crippen LogP contribution is -2.09. The summed E-state index contributed by atoms with van der Waals surface area (Å²) in [5.74, 6) is -1.20. The average Bonchev–Trinajstić information content (AvgIpc) is 2.23. The van der Waals surface area contributed by atoms with E-state index in [-0.39, 0.29) is 17.9 Å². The zero-order chi connectivity index (χ0) is 12.0. The number of nitriles is 1. The van der Waals surface area contributed by atoms with Gasteiger partial charge in [-0.25, -0.2) is 8.78 Å². The predicted molar refractivity (Wildman–Crippen MR) is 54.7 cm³/mol. The third-order valence-corrected chi connectivity index (χ3v) is 1.84. The molecule has 0 saturated carbocycles. The Labute approximate surface area is 92.0 Å². The minimum Gasteiger partial charge on any atom is -0.480 e. The molecule has 0 radical (unpaired) electrons. The van der Waals surface area contributed by atoms with Crippen molar-refractivity contribution in [2.24, 2.45) is 4.99 Å². The Morgan fingerprint density at radius 2 is 2.25 bits per heavy atom. The topological polar surface area (TPSA) is 45.4 Å². The van der Waals surface area contributed by atoms with Crippen molar-refractivity contribution in [1.29, 1.82) is 5.26 Å². The molecule has 0 aliphatic carbocycles. The highest BCUT2D eigenvalue weighted by Crippen LogP contribution is 2.11. The number of benzene rings is 1. The molecule has 0 bridgehead atoms. The van der Waals surface area contributed by atoms with Crippen LogP contribution in [0.1, 0.15) is 12.5 Å². The molecule has 1 aromatic carbocycles. The second kappa shape index (κ2) is 5.81. The summed E-state index contributed by atoms with van der Waals surface area (Å²) in [5.41, 5.74) is 0.240. The molecule has 0 unspecified atom stereocenters. The van der Waals surface area contributed by atoms with E-state index in [1.807, 2.05) is 0 Å². The second-order valence-corrected chi connectivity index (χ2v) is 2.95. The van der Waals surface area contributed by atoms with Gasteiger partial charge in [-0.3, -0.25) is 0 Å². The molecule has 0 aliphatic heterocycles. The van der Waals surface area contributed by atoms with Crippen LogP contribution in [0.25, 0.3) is 0 Å². The summed E-state index contributed by atoms with van der Waals surface area (Å²) in [6.45, 7) is 2.07. The summed E-state index contributed by atoms with van der Waals surface area (Å²) in [7, 11) is 0. The molecule has 1 aromatic rings. The highest BCUT2D eigenvalue weighted by molar-refractivity contribution is 5.79. The standard InChI is InChI=1S/C11H10F2N2O/c1-2-16-11(15-7-14)5-8-3-4-9(12)6-10(8)13/h3-4,6H,2,5H2,1H3. The Balaban J connectivity index is 2.86. The first kappa shape index (κ1) is 12.1. The van der Waals surface area contributed by atoms with Crippen molar-refractivity contribution >= 4 is 5.90 Å². The van der Waals surface area contributed by atoms with Crippen molar-refractivity contribution < 1.29 is 13.5 Å². The number of hydrogen-bond acceptors (Lipinski definition) is 3. The van der Waals surface area contributed by atoms with E-state index < -0.39 is 11.6 Å². The van der Waals surface area contributed by atoms with Gasteiger partial charge < -0.3 is 4.74 Å². The van der Waals surface area contributed by atoms with Crippen molar-refractivity contribution in [2.45, 2.75) is 13.3 Å². The SMILES string of the molecule is CCOC(Cc1ccc(F)cc1F)=NC#N. The van der Waals surface area contributed by atoms with Crippen LogP contribution in [0.2, 0.25) is 0 Å². The molecule has 0 atom stereocenters. The fraction of sp³-hybridized carbons (Fsp3) is 0.273. The van der Waals surface area contributed by atoms with Crippen LogP contribution in [0, 0.1) is 23.1 Å². The molecule has 0 amide bonds. The summed E-state index contributed by atoms with van der Waals surface area (Å²) < 4.78 is 30.9. The van der Waals surface area contributed by atoms with E-state index >= 15 is 0 Å². The van der Waals surface area contributed by atoms with Crippen molar-refractivity contribution in [3.63, 3.8) is 0 Å². The zero-order valence-corrected chi connectivity index (χ0v) is 8.70. The number of rotatable bonds is 3. The van der Waals surface area contributed by atoms with Crippen LogP contribution in [0.5, 0.6) is 0 Å². The molecule has 84 valence electrons. The van der Waals surface area contributed by atoms with Crippen LogP contribution >= 0.6 is 0 Å². The number of halogens is 2. The summed E-state index contributed by atoms with van der Waals surface area (Å²) in [5, 5.41) is 8.38. The maximum atomic E-state index is 13.3.